The van der Waals surface area contributed by atoms with Crippen LogP contribution in [-0.2, 0) is 6.42 Å². The van der Waals surface area contributed by atoms with Crippen molar-refractivity contribution in [2.45, 2.75) is 49.8 Å². The summed E-state index contributed by atoms with van der Waals surface area (Å²) < 4.78 is 0. The fourth-order valence-electron chi connectivity index (χ4n) is 1.47. The predicted octanol–water partition coefficient (Wildman–Crippen LogP) is 3.47. The summed E-state index contributed by atoms with van der Waals surface area (Å²) in [6, 6.07) is 8.88. The van der Waals surface area contributed by atoms with Crippen LogP contribution in [0.4, 0.5) is 0 Å². The first kappa shape index (κ1) is 12.6. The van der Waals surface area contributed by atoms with Crippen molar-refractivity contribution in [3.63, 3.8) is 0 Å². The lowest BCUT2D eigenvalue weighted by Gasteiger charge is -2.14. The van der Waals surface area contributed by atoms with E-state index in [0.29, 0.717) is 11.3 Å². The normalized spacial score (nSPS) is 13.1. The molecule has 0 aromatic heterocycles. The van der Waals surface area contributed by atoms with Gasteiger partial charge in [-0.05, 0) is 24.5 Å². The standard InChI is InChI=1S/C13H21NS/c1-4-12(14)9-11-7-5-6-8-13(11)15-10(2)3/h5-8,10,12H,4,9,14H2,1-3H3. The average molecular weight is 223 g/mol. The molecule has 15 heavy (non-hydrogen) atoms. The Labute approximate surface area is 97.4 Å². The smallest absolute Gasteiger partial charge is 0.0107 e. The van der Waals surface area contributed by atoms with E-state index in [1.165, 1.54) is 10.5 Å². The summed E-state index contributed by atoms with van der Waals surface area (Å²) >= 11 is 1.92. The molecule has 0 fully saturated rings. The molecule has 1 atom stereocenters. The van der Waals surface area contributed by atoms with Gasteiger partial charge < -0.3 is 5.73 Å². The van der Waals surface area contributed by atoms with Crippen molar-refractivity contribution in [1.82, 2.24) is 0 Å². The summed E-state index contributed by atoms with van der Waals surface area (Å²) in [5, 5.41) is 0.629. The van der Waals surface area contributed by atoms with Crippen molar-refractivity contribution >= 4 is 11.8 Å². The Morgan fingerprint density at radius 3 is 2.53 bits per heavy atom. The molecule has 0 aliphatic heterocycles. The van der Waals surface area contributed by atoms with Crippen molar-refractivity contribution in [3.05, 3.63) is 29.8 Å². The van der Waals surface area contributed by atoms with E-state index in [1.54, 1.807) is 0 Å². The van der Waals surface area contributed by atoms with Gasteiger partial charge in [0, 0.05) is 16.2 Å². The summed E-state index contributed by atoms with van der Waals surface area (Å²) in [6.07, 6.45) is 2.03. The first-order valence-electron chi connectivity index (χ1n) is 5.63. The second kappa shape index (κ2) is 6.19. The Morgan fingerprint density at radius 1 is 1.27 bits per heavy atom. The van der Waals surface area contributed by atoms with Crippen LogP contribution in [0.1, 0.15) is 32.8 Å². The highest BCUT2D eigenvalue weighted by Gasteiger charge is 2.07. The van der Waals surface area contributed by atoms with Gasteiger partial charge in [0.1, 0.15) is 0 Å². The van der Waals surface area contributed by atoms with E-state index in [2.05, 4.69) is 45.0 Å². The number of hydrogen-bond donors (Lipinski definition) is 1. The first-order chi connectivity index (χ1) is 7.13. The van der Waals surface area contributed by atoms with Crippen LogP contribution in [0.15, 0.2) is 29.2 Å². The van der Waals surface area contributed by atoms with Gasteiger partial charge >= 0.3 is 0 Å². The quantitative estimate of drug-likeness (QED) is 0.774. The van der Waals surface area contributed by atoms with Crippen LogP contribution in [0.25, 0.3) is 0 Å². The van der Waals surface area contributed by atoms with Crippen LogP contribution < -0.4 is 5.73 Å². The topological polar surface area (TPSA) is 26.0 Å². The number of rotatable bonds is 5. The molecule has 2 heteroatoms. The summed E-state index contributed by atoms with van der Waals surface area (Å²) in [7, 11) is 0. The lowest BCUT2D eigenvalue weighted by Crippen LogP contribution is -2.21. The molecule has 0 amide bonds. The Kier molecular flexibility index (Phi) is 5.20. The fraction of sp³-hybridized carbons (Fsp3) is 0.538. The molecule has 1 rings (SSSR count). The van der Waals surface area contributed by atoms with Gasteiger partial charge in [-0.2, -0.15) is 0 Å². The molecular formula is C13H21NS. The third kappa shape index (κ3) is 4.27. The molecule has 0 saturated heterocycles. The van der Waals surface area contributed by atoms with E-state index in [-0.39, 0.29) is 0 Å². The first-order valence-corrected chi connectivity index (χ1v) is 6.51. The minimum atomic E-state index is 0.291. The molecule has 0 bridgehead atoms. The Morgan fingerprint density at radius 2 is 1.93 bits per heavy atom. The fourth-order valence-corrected chi connectivity index (χ4v) is 2.44. The van der Waals surface area contributed by atoms with Gasteiger partial charge in [0.05, 0.1) is 0 Å². The zero-order valence-electron chi connectivity index (χ0n) is 9.86. The van der Waals surface area contributed by atoms with E-state index in [4.69, 9.17) is 5.73 Å². The second-order valence-electron chi connectivity index (χ2n) is 4.15. The number of nitrogens with two attached hydrogens (primary N) is 1. The second-order valence-corrected chi connectivity index (χ2v) is 5.77. The molecule has 84 valence electrons. The molecule has 1 unspecified atom stereocenters. The van der Waals surface area contributed by atoms with E-state index in [0.717, 1.165) is 12.8 Å². The Balaban J connectivity index is 2.76. The minimum Gasteiger partial charge on any atom is -0.327 e. The minimum absolute atomic E-state index is 0.291. The van der Waals surface area contributed by atoms with Crippen LogP contribution in [0.3, 0.4) is 0 Å². The van der Waals surface area contributed by atoms with Gasteiger partial charge in [0.2, 0.25) is 0 Å². The Hall–Kier alpha value is -0.470. The maximum absolute atomic E-state index is 6.00. The van der Waals surface area contributed by atoms with Crippen LogP contribution in [0.2, 0.25) is 0 Å². The largest absolute Gasteiger partial charge is 0.327 e. The van der Waals surface area contributed by atoms with Crippen LogP contribution in [0, 0.1) is 0 Å². The number of hydrogen-bond acceptors (Lipinski definition) is 2. The monoisotopic (exact) mass is 223 g/mol. The summed E-state index contributed by atoms with van der Waals surface area (Å²) in [5.41, 5.74) is 7.39. The van der Waals surface area contributed by atoms with Gasteiger partial charge in [-0.3, -0.25) is 0 Å². The molecule has 2 N–H and O–H groups in total. The molecular weight excluding hydrogens is 202 g/mol. The summed E-state index contributed by atoms with van der Waals surface area (Å²) in [6.45, 7) is 6.59. The third-order valence-electron chi connectivity index (χ3n) is 2.34. The lowest BCUT2D eigenvalue weighted by atomic mass is 10.1. The summed E-state index contributed by atoms with van der Waals surface area (Å²) in [5.74, 6) is 0. The molecule has 0 spiro atoms. The molecule has 0 aliphatic rings. The van der Waals surface area contributed by atoms with E-state index in [1.807, 2.05) is 11.8 Å². The SMILES string of the molecule is CCC(N)Cc1ccccc1SC(C)C. The van der Waals surface area contributed by atoms with E-state index >= 15 is 0 Å². The van der Waals surface area contributed by atoms with Gasteiger partial charge in [0.15, 0.2) is 0 Å². The van der Waals surface area contributed by atoms with Crippen molar-refractivity contribution in [2.75, 3.05) is 0 Å². The molecule has 0 saturated carbocycles. The summed E-state index contributed by atoms with van der Waals surface area (Å²) in [4.78, 5) is 1.39. The molecule has 0 heterocycles. The maximum Gasteiger partial charge on any atom is 0.0107 e. The zero-order valence-corrected chi connectivity index (χ0v) is 10.7. The van der Waals surface area contributed by atoms with E-state index < -0.39 is 0 Å². The van der Waals surface area contributed by atoms with Crippen molar-refractivity contribution in [3.8, 4) is 0 Å². The molecule has 0 radical (unpaired) electrons. The highest BCUT2D eigenvalue weighted by atomic mass is 32.2. The van der Waals surface area contributed by atoms with E-state index in [9.17, 15) is 0 Å². The lowest BCUT2D eigenvalue weighted by molar-refractivity contribution is 0.641. The molecule has 1 nitrogen and oxygen atoms in total. The molecule has 1 aromatic rings. The number of benzene rings is 1. The van der Waals surface area contributed by atoms with Gasteiger partial charge in [-0.15, -0.1) is 11.8 Å². The van der Waals surface area contributed by atoms with Gasteiger partial charge in [-0.1, -0.05) is 39.0 Å². The third-order valence-corrected chi connectivity index (χ3v) is 3.47. The number of thioether (sulfide) groups is 1. The maximum atomic E-state index is 6.00. The van der Waals surface area contributed by atoms with Crippen LogP contribution in [0.5, 0.6) is 0 Å². The van der Waals surface area contributed by atoms with Crippen molar-refractivity contribution in [1.29, 1.82) is 0 Å². The zero-order chi connectivity index (χ0) is 11.3. The highest BCUT2D eigenvalue weighted by Crippen LogP contribution is 2.27. The van der Waals surface area contributed by atoms with Crippen LogP contribution in [-0.4, -0.2) is 11.3 Å². The highest BCUT2D eigenvalue weighted by molar-refractivity contribution is 8.00. The van der Waals surface area contributed by atoms with Crippen LogP contribution >= 0.6 is 11.8 Å². The average Bonchev–Trinajstić information content (AvgIpc) is 2.20. The van der Waals surface area contributed by atoms with Crippen molar-refractivity contribution < 1.29 is 0 Å². The molecule has 1 aromatic carbocycles. The Bertz CT molecular complexity index is 296. The molecule has 0 aliphatic carbocycles. The predicted molar refractivity (Wildman–Crippen MR) is 69.4 cm³/mol. The van der Waals surface area contributed by atoms with Crippen molar-refractivity contribution in [2.24, 2.45) is 5.73 Å². The van der Waals surface area contributed by atoms with Gasteiger partial charge in [-0.25, -0.2) is 0 Å². The van der Waals surface area contributed by atoms with Gasteiger partial charge in [0.25, 0.3) is 0 Å².